The molecule has 1 aromatic heterocycles. The Morgan fingerprint density at radius 2 is 1.70 bits per heavy atom. The van der Waals surface area contributed by atoms with Gasteiger partial charge in [-0.3, -0.25) is 24.5 Å². The van der Waals surface area contributed by atoms with Crippen LogP contribution in [0.4, 0.5) is 15.6 Å². The highest BCUT2D eigenvalue weighted by atomic mass is 32.1. The zero-order valence-electron chi connectivity index (χ0n) is 23.6. The first-order valence-corrected chi connectivity index (χ1v) is 14.5. The number of aromatic nitrogens is 1. The van der Waals surface area contributed by atoms with Crippen LogP contribution in [0.5, 0.6) is 5.75 Å². The molecule has 6 N–H and O–H groups in total. The second-order valence-corrected chi connectivity index (χ2v) is 10.2. The van der Waals surface area contributed by atoms with E-state index in [4.69, 9.17) is 4.74 Å². The van der Waals surface area contributed by atoms with E-state index in [-0.39, 0.29) is 10.8 Å². The molecule has 0 aliphatic carbocycles. The monoisotopic (exact) mass is 610 g/mol. The number of carbonyl (C=O) groups excluding carboxylic acids is 4. The molecule has 1 heterocycles. The van der Waals surface area contributed by atoms with E-state index < -0.39 is 48.7 Å². The van der Waals surface area contributed by atoms with Crippen LogP contribution in [0.2, 0.25) is 0 Å². The van der Waals surface area contributed by atoms with Crippen LogP contribution in [-0.4, -0.2) is 59.0 Å². The molecule has 3 rings (SSSR count). The first-order valence-electron chi connectivity index (χ1n) is 13.6. The van der Waals surface area contributed by atoms with Crippen LogP contribution in [-0.2, 0) is 20.9 Å². The number of hydrogen-bond acceptors (Lipinski definition) is 8. The minimum absolute atomic E-state index is 0.0335. The van der Waals surface area contributed by atoms with Crippen molar-refractivity contribution in [3.63, 3.8) is 0 Å². The molecule has 1 atom stereocenters. The van der Waals surface area contributed by atoms with Crippen LogP contribution < -0.4 is 31.3 Å². The number of unbranched alkanes of at least 4 members (excludes halogenated alkanes) is 2. The van der Waals surface area contributed by atoms with Gasteiger partial charge in [0.25, 0.3) is 5.91 Å². The third kappa shape index (κ3) is 11.8. The fourth-order valence-corrected chi connectivity index (χ4v) is 4.33. The van der Waals surface area contributed by atoms with Crippen molar-refractivity contribution in [2.45, 2.75) is 45.2 Å². The smallest absolute Gasteiger partial charge is 0.321 e. The average Bonchev–Trinajstić information content (AvgIpc) is 3.46. The first kappa shape index (κ1) is 32.5. The number of hydrogen-bond donors (Lipinski definition) is 6. The minimum Gasteiger partial charge on any atom is -0.494 e. The summed E-state index contributed by atoms with van der Waals surface area (Å²) in [6, 6.07) is 14.0. The van der Waals surface area contributed by atoms with Crippen LogP contribution in [0, 0.1) is 0 Å². The molecule has 0 saturated carbocycles. The topological polar surface area (TPSA) is 188 Å². The molecular weight excluding hydrogens is 576 g/mol. The molecular formula is C29H34N6O7S. The molecule has 0 spiro atoms. The number of benzene rings is 2. The maximum Gasteiger partial charge on any atom is 0.321 e. The van der Waals surface area contributed by atoms with E-state index in [1.54, 1.807) is 24.3 Å². The summed E-state index contributed by atoms with van der Waals surface area (Å²) in [7, 11) is 0. The lowest BCUT2D eigenvalue weighted by atomic mass is 10.1. The molecule has 0 fully saturated rings. The number of nitrogens with zero attached hydrogens (tertiary/aromatic N) is 1. The Hall–Kier alpha value is -4.98. The number of carbonyl (C=O) groups is 5. The summed E-state index contributed by atoms with van der Waals surface area (Å²) in [5.74, 6) is -2.87. The van der Waals surface area contributed by atoms with E-state index in [0.717, 1.165) is 36.2 Å². The van der Waals surface area contributed by atoms with Gasteiger partial charge >= 0.3 is 12.0 Å². The summed E-state index contributed by atoms with van der Waals surface area (Å²) in [5, 5.41) is 23.3. The summed E-state index contributed by atoms with van der Waals surface area (Å²) in [4.78, 5) is 65.1. The summed E-state index contributed by atoms with van der Waals surface area (Å²) >= 11 is 1.02. The van der Waals surface area contributed by atoms with Crippen molar-refractivity contribution in [1.29, 1.82) is 0 Å². The Kier molecular flexibility index (Phi) is 12.9. The van der Waals surface area contributed by atoms with E-state index in [0.29, 0.717) is 24.6 Å². The number of aliphatic carboxylic acids is 1. The zero-order valence-corrected chi connectivity index (χ0v) is 24.4. The Morgan fingerprint density at radius 3 is 2.40 bits per heavy atom. The van der Waals surface area contributed by atoms with Crippen molar-refractivity contribution >= 4 is 51.9 Å². The molecule has 2 aromatic carbocycles. The van der Waals surface area contributed by atoms with Gasteiger partial charge in [-0.15, -0.1) is 11.3 Å². The molecule has 0 aliphatic rings. The lowest BCUT2D eigenvalue weighted by Crippen LogP contribution is -2.48. The first-order chi connectivity index (χ1) is 20.7. The van der Waals surface area contributed by atoms with Crippen molar-refractivity contribution in [3.05, 3.63) is 71.2 Å². The van der Waals surface area contributed by atoms with Crippen LogP contribution >= 0.6 is 11.3 Å². The third-order valence-electron chi connectivity index (χ3n) is 5.83. The number of nitrogens with one attached hydrogen (secondary N) is 5. The van der Waals surface area contributed by atoms with Gasteiger partial charge in [-0.25, -0.2) is 9.78 Å². The number of ether oxygens (including phenoxy) is 1. The summed E-state index contributed by atoms with van der Waals surface area (Å²) in [5.41, 5.74) is 1.27. The lowest BCUT2D eigenvalue weighted by Gasteiger charge is -2.17. The predicted octanol–water partition coefficient (Wildman–Crippen LogP) is 3.36. The molecule has 14 heteroatoms. The Morgan fingerprint density at radius 1 is 0.953 bits per heavy atom. The average molecular weight is 611 g/mol. The molecule has 0 radical (unpaired) electrons. The van der Waals surface area contributed by atoms with Crippen molar-refractivity contribution < 1.29 is 33.8 Å². The maximum atomic E-state index is 12.7. The quantitative estimate of drug-likeness (QED) is 0.133. The number of thiazole rings is 1. The van der Waals surface area contributed by atoms with Crippen molar-refractivity contribution in [2.24, 2.45) is 0 Å². The van der Waals surface area contributed by atoms with Gasteiger partial charge in [0.15, 0.2) is 5.13 Å². The molecule has 43 heavy (non-hydrogen) atoms. The van der Waals surface area contributed by atoms with E-state index >= 15 is 0 Å². The maximum absolute atomic E-state index is 12.7. The van der Waals surface area contributed by atoms with Gasteiger partial charge in [0.1, 0.15) is 17.5 Å². The molecule has 5 amide bonds. The van der Waals surface area contributed by atoms with Crippen LogP contribution in [0.15, 0.2) is 60.0 Å². The van der Waals surface area contributed by atoms with Gasteiger partial charge in [-0.05, 0) is 36.2 Å². The Balaban J connectivity index is 1.45. The fourth-order valence-electron chi connectivity index (χ4n) is 3.64. The SMILES string of the molecule is CCCCCOc1ccc(NC(=O)C(CC(=O)O)NC(=O)CNC(=O)c2csc(NC(=O)NCc3ccccc3)n2)cc1. The number of urea groups is 1. The predicted molar refractivity (Wildman–Crippen MR) is 161 cm³/mol. The van der Waals surface area contributed by atoms with Gasteiger partial charge in [-0.2, -0.15) is 0 Å². The van der Waals surface area contributed by atoms with Crippen molar-refractivity contribution in [3.8, 4) is 5.75 Å². The Bertz CT molecular complexity index is 1380. The highest BCUT2D eigenvalue weighted by molar-refractivity contribution is 7.14. The number of rotatable bonds is 16. The van der Waals surface area contributed by atoms with Crippen LogP contribution in [0.3, 0.4) is 0 Å². The van der Waals surface area contributed by atoms with Crippen molar-refractivity contribution in [1.82, 2.24) is 20.9 Å². The van der Waals surface area contributed by atoms with Crippen molar-refractivity contribution in [2.75, 3.05) is 23.8 Å². The minimum atomic E-state index is -1.39. The number of anilines is 2. The van der Waals surface area contributed by atoms with Gasteiger partial charge in [0, 0.05) is 17.6 Å². The fraction of sp³-hybridized carbons (Fsp3) is 0.310. The standard InChI is InChI=1S/C29H34N6O7S/c1-2-3-7-14-42-21-12-10-20(11-13-21)32-27(40)22(15-25(37)38)33-24(36)17-30-26(39)23-18-43-29(34-23)35-28(41)31-16-19-8-5-4-6-9-19/h4-6,8-13,18,22H,2-3,7,14-17H2,1H3,(H,30,39)(H,32,40)(H,33,36)(H,37,38)(H2,31,34,35,41). The molecule has 1 unspecified atom stereocenters. The Labute approximate surface area is 252 Å². The summed E-state index contributed by atoms with van der Waals surface area (Å²) in [6.45, 7) is 2.45. The second-order valence-electron chi connectivity index (χ2n) is 9.30. The van der Waals surface area contributed by atoms with Gasteiger partial charge in [-0.1, -0.05) is 50.1 Å². The van der Waals surface area contributed by atoms with E-state index in [9.17, 15) is 29.1 Å². The largest absolute Gasteiger partial charge is 0.494 e. The van der Waals surface area contributed by atoms with Gasteiger partial charge in [0.05, 0.1) is 19.6 Å². The number of carboxylic acid groups (broad SMARTS) is 1. The molecule has 0 aliphatic heterocycles. The number of carboxylic acids is 1. The molecule has 3 aromatic rings. The molecule has 228 valence electrons. The van der Waals surface area contributed by atoms with E-state index in [2.05, 4.69) is 38.5 Å². The third-order valence-corrected chi connectivity index (χ3v) is 6.59. The molecule has 13 nitrogen and oxygen atoms in total. The van der Waals surface area contributed by atoms with E-state index in [1.807, 2.05) is 30.3 Å². The normalized spacial score (nSPS) is 11.1. The van der Waals surface area contributed by atoms with Gasteiger partial charge < -0.3 is 31.1 Å². The second kappa shape index (κ2) is 17.1. The summed E-state index contributed by atoms with van der Waals surface area (Å²) < 4.78 is 5.64. The highest BCUT2D eigenvalue weighted by Crippen LogP contribution is 2.17. The summed E-state index contributed by atoms with van der Waals surface area (Å²) in [6.07, 6.45) is 2.41. The van der Waals surface area contributed by atoms with Crippen LogP contribution in [0.1, 0.15) is 48.7 Å². The lowest BCUT2D eigenvalue weighted by molar-refractivity contribution is -0.139. The van der Waals surface area contributed by atoms with Crippen LogP contribution in [0.25, 0.3) is 0 Å². The molecule has 0 saturated heterocycles. The highest BCUT2D eigenvalue weighted by Gasteiger charge is 2.24. The van der Waals surface area contributed by atoms with E-state index in [1.165, 1.54) is 5.38 Å². The zero-order chi connectivity index (χ0) is 31.0. The van der Waals surface area contributed by atoms with Gasteiger partial charge in [0.2, 0.25) is 11.8 Å². The number of amides is 5. The molecule has 0 bridgehead atoms.